The summed E-state index contributed by atoms with van der Waals surface area (Å²) in [6, 6.07) is 16.9. The van der Waals surface area contributed by atoms with E-state index in [4.69, 9.17) is 0 Å². The second-order valence-corrected chi connectivity index (χ2v) is 4.43. The maximum atomic E-state index is 3.77. The molecule has 0 N–H and O–H groups in total. The number of halogens is 1. The lowest BCUT2D eigenvalue weighted by molar-refractivity contribution is 1.58. The van der Waals surface area contributed by atoms with Crippen LogP contribution in [-0.4, -0.2) is 0 Å². The normalized spacial score (nSPS) is 10.6. The summed E-state index contributed by atoms with van der Waals surface area (Å²) in [4.78, 5) is 0. The van der Waals surface area contributed by atoms with Crippen molar-refractivity contribution >= 4 is 34.7 Å². The lowest BCUT2D eigenvalue weighted by Gasteiger charge is -2.06. The van der Waals surface area contributed by atoms with E-state index in [1.165, 1.54) is 16.7 Å². The molecule has 0 unspecified atom stereocenters. The van der Waals surface area contributed by atoms with Gasteiger partial charge in [0.25, 0.3) is 0 Å². The third-order valence-electron chi connectivity index (χ3n) is 2.66. The number of hydrogen-bond donors (Lipinski definition) is 0. The van der Waals surface area contributed by atoms with Gasteiger partial charge in [0.05, 0.1) is 0 Å². The first-order chi connectivity index (χ1) is 8.35. The first-order valence-electron chi connectivity index (χ1n) is 5.44. The summed E-state index contributed by atoms with van der Waals surface area (Å²) >= 11 is 2.24. The van der Waals surface area contributed by atoms with Gasteiger partial charge in [0.15, 0.2) is 0 Å². The third-order valence-corrected chi connectivity index (χ3v) is 3.02. The smallest absolute Gasteiger partial charge is 0.0111 e. The summed E-state index contributed by atoms with van der Waals surface area (Å²) in [7, 11) is 0. The van der Waals surface area contributed by atoms with E-state index < -0.39 is 0 Å². The van der Waals surface area contributed by atoms with Crippen molar-refractivity contribution in [1.82, 2.24) is 0 Å². The highest BCUT2D eigenvalue weighted by Crippen LogP contribution is 2.25. The molecule has 0 aromatic heterocycles. The molecule has 0 fully saturated rings. The van der Waals surface area contributed by atoms with Gasteiger partial charge in [-0.1, -0.05) is 83.8 Å². The average Bonchev–Trinajstić information content (AvgIpc) is 2.40. The molecule has 2 aromatic carbocycles. The Morgan fingerprint density at radius 2 is 1.65 bits per heavy atom. The van der Waals surface area contributed by atoms with Gasteiger partial charge in [0.1, 0.15) is 0 Å². The molecular formula is C16H13I. The first-order valence-corrected chi connectivity index (χ1v) is 6.68. The molecule has 0 aliphatic rings. The standard InChI is InChI=1S/C16H13I/c1-2-13-7-9-15(10-8-13)16-6-4-3-5-14(16)11-12-17/h2-12H,1H2/b12-11+. The van der Waals surface area contributed by atoms with E-state index >= 15 is 0 Å². The maximum absolute atomic E-state index is 3.77. The van der Waals surface area contributed by atoms with Gasteiger partial charge in [-0.3, -0.25) is 0 Å². The van der Waals surface area contributed by atoms with Crippen molar-refractivity contribution in [3.05, 3.63) is 70.3 Å². The lowest BCUT2D eigenvalue weighted by Crippen LogP contribution is -1.82. The molecule has 0 aliphatic carbocycles. The van der Waals surface area contributed by atoms with Gasteiger partial charge in [-0.05, 0) is 32.4 Å². The van der Waals surface area contributed by atoms with Gasteiger partial charge in [0.2, 0.25) is 0 Å². The van der Waals surface area contributed by atoms with E-state index in [0.29, 0.717) is 0 Å². The fraction of sp³-hybridized carbons (Fsp3) is 0. The zero-order valence-electron chi connectivity index (χ0n) is 9.44. The van der Waals surface area contributed by atoms with E-state index in [1.807, 2.05) is 10.2 Å². The van der Waals surface area contributed by atoms with Crippen molar-refractivity contribution in [2.75, 3.05) is 0 Å². The van der Waals surface area contributed by atoms with E-state index in [1.54, 1.807) is 0 Å². The average molecular weight is 332 g/mol. The highest BCUT2D eigenvalue weighted by molar-refractivity contribution is 14.1. The summed E-state index contributed by atoms with van der Waals surface area (Å²) in [5, 5.41) is 0. The van der Waals surface area contributed by atoms with Crippen molar-refractivity contribution in [1.29, 1.82) is 0 Å². The van der Waals surface area contributed by atoms with Crippen LogP contribution in [0.15, 0.2) is 59.2 Å². The summed E-state index contributed by atoms with van der Waals surface area (Å²) < 4.78 is 2.04. The minimum absolute atomic E-state index is 1.15. The second kappa shape index (κ2) is 5.82. The zero-order chi connectivity index (χ0) is 12.1. The van der Waals surface area contributed by atoms with E-state index in [0.717, 1.165) is 5.56 Å². The molecule has 84 valence electrons. The molecule has 0 amide bonds. The summed E-state index contributed by atoms with van der Waals surface area (Å²) in [5.74, 6) is 0. The van der Waals surface area contributed by atoms with Crippen LogP contribution in [-0.2, 0) is 0 Å². The molecule has 0 spiro atoms. The Hall–Kier alpha value is -1.35. The van der Waals surface area contributed by atoms with Crippen molar-refractivity contribution in [2.24, 2.45) is 0 Å². The monoisotopic (exact) mass is 332 g/mol. The fourth-order valence-corrected chi connectivity index (χ4v) is 2.16. The third kappa shape index (κ3) is 2.86. The van der Waals surface area contributed by atoms with Crippen LogP contribution in [0, 0.1) is 0 Å². The van der Waals surface area contributed by atoms with Crippen LogP contribution in [0.1, 0.15) is 11.1 Å². The summed E-state index contributed by atoms with van der Waals surface area (Å²) in [5.41, 5.74) is 4.89. The predicted molar refractivity (Wildman–Crippen MR) is 85.0 cm³/mol. The number of benzene rings is 2. The molecular weight excluding hydrogens is 319 g/mol. The molecule has 1 heteroatoms. The molecule has 2 rings (SSSR count). The van der Waals surface area contributed by atoms with Gasteiger partial charge in [-0.15, -0.1) is 0 Å². The summed E-state index contributed by atoms with van der Waals surface area (Å²) in [6.07, 6.45) is 3.98. The van der Waals surface area contributed by atoms with Crippen molar-refractivity contribution in [3.63, 3.8) is 0 Å². The van der Waals surface area contributed by atoms with Crippen LogP contribution >= 0.6 is 22.6 Å². The Bertz CT molecular complexity index is 536. The summed E-state index contributed by atoms with van der Waals surface area (Å²) in [6.45, 7) is 3.77. The minimum atomic E-state index is 1.15. The molecule has 0 aliphatic heterocycles. The van der Waals surface area contributed by atoms with E-state index in [9.17, 15) is 0 Å². The van der Waals surface area contributed by atoms with Crippen LogP contribution in [0.5, 0.6) is 0 Å². The molecule has 0 radical (unpaired) electrons. The Morgan fingerprint density at radius 1 is 0.941 bits per heavy atom. The fourth-order valence-electron chi connectivity index (χ4n) is 1.77. The van der Waals surface area contributed by atoms with Crippen LogP contribution in [0.3, 0.4) is 0 Å². The largest absolute Gasteiger partial charge is 0.0985 e. The molecule has 0 saturated heterocycles. The molecule has 0 atom stereocenters. The Balaban J connectivity index is 2.48. The van der Waals surface area contributed by atoms with Crippen molar-refractivity contribution in [3.8, 4) is 11.1 Å². The molecule has 0 heterocycles. The number of hydrogen-bond acceptors (Lipinski definition) is 0. The Kier molecular flexibility index (Phi) is 4.15. The quantitative estimate of drug-likeness (QED) is 0.660. The molecule has 2 aromatic rings. The zero-order valence-corrected chi connectivity index (χ0v) is 11.6. The van der Waals surface area contributed by atoms with Gasteiger partial charge >= 0.3 is 0 Å². The Morgan fingerprint density at radius 3 is 2.29 bits per heavy atom. The van der Waals surface area contributed by atoms with Crippen LogP contribution in [0.25, 0.3) is 23.3 Å². The highest BCUT2D eigenvalue weighted by atomic mass is 127. The molecule has 0 saturated carbocycles. The second-order valence-electron chi connectivity index (χ2n) is 3.71. The van der Waals surface area contributed by atoms with Crippen LogP contribution in [0.4, 0.5) is 0 Å². The van der Waals surface area contributed by atoms with Gasteiger partial charge in [-0.2, -0.15) is 0 Å². The SMILES string of the molecule is C=Cc1ccc(-c2ccccc2/C=C/I)cc1. The molecule has 17 heavy (non-hydrogen) atoms. The van der Waals surface area contributed by atoms with E-state index in [2.05, 4.69) is 83.8 Å². The number of rotatable bonds is 3. The highest BCUT2D eigenvalue weighted by Gasteiger charge is 2.01. The van der Waals surface area contributed by atoms with Gasteiger partial charge < -0.3 is 0 Å². The van der Waals surface area contributed by atoms with Crippen molar-refractivity contribution in [2.45, 2.75) is 0 Å². The maximum Gasteiger partial charge on any atom is -0.0111 e. The molecule has 0 bridgehead atoms. The first kappa shape index (κ1) is 12.1. The van der Waals surface area contributed by atoms with Gasteiger partial charge in [-0.25, -0.2) is 0 Å². The Labute approximate surface area is 116 Å². The van der Waals surface area contributed by atoms with Crippen LogP contribution < -0.4 is 0 Å². The topological polar surface area (TPSA) is 0 Å². The van der Waals surface area contributed by atoms with Crippen molar-refractivity contribution < 1.29 is 0 Å². The predicted octanol–water partition coefficient (Wildman–Crippen LogP) is 5.40. The van der Waals surface area contributed by atoms with Gasteiger partial charge in [0, 0.05) is 0 Å². The minimum Gasteiger partial charge on any atom is -0.0985 e. The molecule has 0 nitrogen and oxygen atoms in total. The van der Waals surface area contributed by atoms with E-state index in [-0.39, 0.29) is 0 Å². The van der Waals surface area contributed by atoms with Crippen LogP contribution in [0.2, 0.25) is 0 Å². The lowest BCUT2D eigenvalue weighted by atomic mass is 9.99.